The zero-order valence-electron chi connectivity index (χ0n) is 9.44. The van der Waals surface area contributed by atoms with Crippen LogP contribution in [0, 0.1) is 5.92 Å². The minimum absolute atomic E-state index is 0.584. The first-order valence-electron chi connectivity index (χ1n) is 5.80. The van der Waals surface area contributed by atoms with E-state index < -0.39 is 0 Å². The minimum atomic E-state index is 0.584. The van der Waals surface area contributed by atoms with Gasteiger partial charge in [0.15, 0.2) is 0 Å². The molecule has 0 unspecified atom stereocenters. The molecule has 0 amide bonds. The van der Waals surface area contributed by atoms with Crippen LogP contribution in [0.15, 0.2) is 24.5 Å². The summed E-state index contributed by atoms with van der Waals surface area (Å²) in [6, 6.07) is 2.65. The third-order valence-electron chi connectivity index (χ3n) is 3.59. The predicted octanol–water partition coefficient (Wildman–Crippen LogP) is 1.86. The van der Waals surface area contributed by atoms with Gasteiger partial charge in [0.25, 0.3) is 0 Å². The second kappa shape index (κ2) is 3.91. The largest absolute Gasteiger partial charge is 0.495 e. The minimum Gasteiger partial charge on any atom is -0.495 e. The van der Waals surface area contributed by atoms with E-state index in [0.717, 1.165) is 18.2 Å². The molecule has 1 aromatic rings. The molecule has 1 fully saturated rings. The Morgan fingerprint density at radius 2 is 2.38 bits per heavy atom. The molecule has 2 atom stereocenters. The fourth-order valence-corrected chi connectivity index (χ4v) is 2.69. The molecule has 1 saturated heterocycles. The number of hydrogen-bond donors (Lipinski definition) is 1. The summed E-state index contributed by atoms with van der Waals surface area (Å²) in [6.07, 6.45) is 8.50. The van der Waals surface area contributed by atoms with E-state index in [2.05, 4.69) is 22.4 Å². The molecule has 16 heavy (non-hydrogen) atoms. The van der Waals surface area contributed by atoms with Gasteiger partial charge in [0.2, 0.25) is 0 Å². The maximum atomic E-state index is 5.20. The molecule has 1 N–H and O–H groups in total. The molecule has 84 valence electrons. The van der Waals surface area contributed by atoms with E-state index in [-0.39, 0.29) is 0 Å². The molecular formula is C13H16N2O. The average Bonchev–Trinajstić information content (AvgIpc) is 2.89. The van der Waals surface area contributed by atoms with Crippen LogP contribution < -0.4 is 10.1 Å². The molecule has 1 aliphatic heterocycles. The maximum absolute atomic E-state index is 5.20. The standard InChI is InChI=1S/C13H16N2O/c1-16-12-5-11(7-14-8-12)10-4-9-2-3-15-13(9)6-10/h5-9,13,15H,2-4H2,1H3/t9-,13+/m0/s1. The Bertz CT molecular complexity index is 428. The Labute approximate surface area is 95.5 Å². The van der Waals surface area contributed by atoms with Gasteiger partial charge < -0.3 is 10.1 Å². The Morgan fingerprint density at radius 3 is 3.19 bits per heavy atom. The van der Waals surface area contributed by atoms with Gasteiger partial charge in [-0.05, 0) is 42.5 Å². The summed E-state index contributed by atoms with van der Waals surface area (Å²) in [7, 11) is 1.68. The summed E-state index contributed by atoms with van der Waals surface area (Å²) in [5, 5.41) is 3.52. The number of pyridine rings is 1. The summed E-state index contributed by atoms with van der Waals surface area (Å²) in [5.74, 6) is 1.63. The lowest BCUT2D eigenvalue weighted by molar-refractivity contribution is 0.412. The highest BCUT2D eigenvalue weighted by atomic mass is 16.5. The molecule has 0 saturated carbocycles. The van der Waals surface area contributed by atoms with Crippen molar-refractivity contribution in [1.82, 2.24) is 10.3 Å². The number of ether oxygens (including phenoxy) is 1. The Balaban J connectivity index is 1.87. The maximum Gasteiger partial charge on any atom is 0.137 e. The Morgan fingerprint density at radius 1 is 1.44 bits per heavy atom. The summed E-state index contributed by atoms with van der Waals surface area (Å²) in [5.41, 5.74) is 2.61. The van der Waals surface area contributed by atoms with Crippen LogP contribution in [0.4, 0.5) is 0 Å². The van der Waals surface area contributed by atoms with Gasteiger partial charge in [0.1, 0.15) is 5.75 Å². The van der Waals surface area contributed by atoms with Crippen LogP contribution in [0.2, 0.25) is 0 Å². The van der Waals surface area contributed by atoms with Crippen molar-refractivity contribution in [3.8, 4) is 5.75 Å². The van der Waals surface area contributed by atoms with E-state index in [1.165, 1.54) is 24.0 Å². The van der Waals surface area contributed by atoms with E-state index in [9.17, 15) is 0 Å². The Hall–Kier alpha value is -1.35. The third-order valence-corrected chi connectivity index (χ3v) is 3.59. The van der Waals surface area contributed by atoms with Gasteiger partial charge in [-0.3, -0.25) is 4.98 Å². The van der Waals surface area contributed by atoms with E-state index in [4.69, 9.17) is 4.74 Å². The zero-order chi connectivity index (χ0) is 11.0. The molecule has 0 spiro atoms. The lowest BCUT2D eigenvalue weighted by Crippen LogP contribution is -2.20. The average molecular weight is 216 g/mol. The first-order chi connectivity index (χ1) is 7.86. The second-order valence-corrected chi connectivity index (χ2v) is 4.54. The molecule has 0 bridgehead atoms. The van der Waals surface area contributed by atoms with E-state index >= 15 is 0 Å². The van der Waals surface area contributed by atoms with Crippen molar-refractivity contribution in [2.45, 2.75) is 18.9 Å². The highest BCUT2D eigenvalue weighted by molar-refractivity contribution is 5.69. The van der Waals surface area contributed by atoms with E-state index in [1.54, 1.807) is 13.3 Å². The molecule has 3 heteroatoms. The van der Waals surface area contributed by atoms with Gasteiger partial charge in [-0.1, -0.05) is 6.08 Å². The van der Waals surface area contributed by atoms with Gasteiger partial charge in [0.05, 0.1) is 13.3 Å². The highest BCUT2D eigenvalue weighted by Crippen LogP contribution is 2.37. The summed E-state index contributed by atoms with van der Waals surface area (Å²) < 4.78 is 5.20. The number of fused-ring (bicyclic) bond motifs is 1. The van der Waals surface area contributed by atoms with Crippen molar-refractivity contribution in [1.29, 1.82) is 0 Å². The predicted molar refractivity (Wildman–Crippen MR) is 63.3 cm³/mol. The number of aromatic nitrogens is 1. The number of allylic oxidation sites excluding steroid dienone is 1. The van der Waals surface area contributed by atoms with Gasteiger partial charge >= 0.3 is 0 Å². The van der Waals surface area contributed by atoms with E-state index in [0.29, 0.717) is 6.04 Å². The van der Waals surface area contributed by atoms with Crippen molar-refractivity contribution >= 4 is 5.57 Å². The number of methoxy groups -OCH3 is 1. The number of nitrogens with one attached hydrogen (secondary N) is 1. The summed E-state index contributed by atoms with van der Waals surface area (Å²) in [4.78, 5) is 4.21. The van der Waals surface area contributed by atoms with Crippen molar-refractivity contribution in [3.05, 3.63) is 30.1 Å². The Kier molecular flexibility index (Phi) is 2.40. The number of hydrogen-bond acceptors (Lipinski definition) is 3. The van der Waals surface area contributed by atoms with Gasteiger partial charge in [-0.2, -0.15) is 0 Å². The highest BCUT2D eigenvalue weighted by Gasteiger charge is 2.31. The fraction of sp³-hybridized carbons (Fsp3) is 0.462. The van der Waals surface area contributed by atoms with Crippen LogP contribution in [-0.2, 0) is 0 Å². The quantitative estimate of drug-likeness (QED) is 0.819. The summed E-state index contributed by atoms with van der Waals surface area (Å²) in [6.45, 7) is 1.16. The van der Waals surface area contributed by atoms with Crippen molar-refractivity contribution < 1.29 is 4.74 Å². The molecule has 3 rings (SSSR count). The van der Waals surface area contributed by atoms with Crippen LogP contribution >= 0.6 is 0 Å². The molecule has 1 aliphatic carbocycles. The van der Waals surface area contributed by atoms with Gasteiger partial charge in [-0.15, -0.1) is 0 Å². The molecule has 1 aromatic heterocycles. The monoisotopic (exact) mass is 216 g/mol. The smallest absolute Gasteiger partial charge is 0.137 e. The first kappa shape index (κ1) is 9.85. The van der Waals surface area contributed by atoms with Crippen LogP contribution in [-0.4, -0.2) is 24.7 Å². The molecule has 2 aliphatic rings. The van der Waals surface area contributed by atoms with Gasteiger partial charge in [-0.25, -0.2) is 0 Å². The first-order valence-corrected chi connectivity index (χ1v) is 5.80. The van der Waals surface area contributed by atoms with Crippen molar-refractivity contribution in [3.63, 3.8) is 0 Å². The van der Waals surface area contributed by atoms with E-state index in [1.807, 2.05) is 6.20 Å². The van der Waals surface area contributed by atoms with Crippen LogP contribution in [0.3, 0.4) is 0 Å². The van der Waals surface area contributed by atoms with Crippen LogP contribution in [0.5, 0.6) is 5.75 Å². The normalized spacial score (nSPS) is 27.7. The zero-order valence-corrected chi connectivity index (χ0v) is 9.44. The van der Waals surface area contributed by atoms with Gasteiger partial charge in [0, 0.05) is 12.2 Å². The molecule has 0 radical (unpaired) electrons. The molecule has 0 aromatic carbocycles. The SMILES string of the molecule is COc1cncc(C2=C[C@H]3NCC[C@H]3C2)c1. The molecule has 2 heterocycles. The molecule has 3 nitrogen and oxygen atoms in total. The van der Waals surface area contributed by atoms with Crippen LogP contribution in [0.1, 0.15) is 18.4 Å². The third kappa shape index (κ3) is 1.61. The fourth-order valence-electron chi connectivity index (χ4n) is 2.69. The van der Waals surface area contributed by atoms with Crippen molar-refractivity contribution in [2.75, 3.05) is 13.7 Å². The second-order valence-electron chi connectivity index (χ2n) is 4.54. The molecular weight excluding hydrogens is 200 g/mol. The lowest BCUT2D eigenvalue weighted by Gasteiger charge is -2.07. The van der Waals surface area contributed by atoms with Crippen LogP contribution in [0.25, 0.3) is 5.57 Å². The summed E-state index contributed by atoms with van der Waals surface area (Å²) >= 11 is 0. The van der Waals surface area contributed by atoms with Crippen molar-refractivity contribution in [2.24, 2.45) is 5.92 Å². The lowest BCUT2D eigenvalue weighted by atomic mass is 10.00. The number of rotatable bonds is 2. The topological polar surface area (TPSA) is 34.1 Å². The number of nitrogens with zero attached hydrogens (tertiary/aromatic N) is 1.